The van der Waals surface area contributed by atoms with Crippen LogP contribution in [0, 0.1) is 13.8 Å². The van der Waals surface area contributed by atoms with Crippen LogP contribution in [0.4, 0.5) is 0 Å². The topological polar surface area (TPSA) is 76.2 Å². The van der Waals surface area contributed by atoms with Crippen molar-refractivity contribution in [1.82, 2.24) is 9.21 Å². The van der Waals surface area contributed by atoms with Crippen molar-refractivity contribution in [2.24, 2.45) is 0 Å². The number of carbonyl (C=O) groups is 1. The summed E-state index contributed by atoms with van der Waals surface area (Å²) in [6, 6.07) is 16.2. The van der Waals surface area contributed by atoms with Gasteiger partial charge < -0.3 is 14.4 Å². The van der Waals surface area contributed by atoms with Gasteiger partial charge in [-0.25, -0.2) is 8.42 Å². The second kappa shape index (κ2) is 11.6. The first-order valence-electron chi connectivity index (χ1n) is 11.9. The largest absolute Gasteiger partial charge is 0.491 e. The number of fused-ring (bicyclic) bond motifs is 1. The monoisotopic (exact) mass is 528 g/mol. The average molecular weight is 529 g/mol. The normalized spacial score (nSPS) is 15.7. The maximum atomic E-state index is 13.6. The molecule has 0 spiro atoms. The molecule has 4 rings (SSSR count). The minimum absolute atomic E-state index is 0.0839. The summed E-state index contributed by atoms with van der Waals surface area (Å²) >= 11 is 1.68. The molecule has 0 radical (unpaired) electrons. The fourth-order valence-electron chi connectivity index (χ4n) is 4.26. The highest BCUT2D eigenvalue weighted by Crippen LogP contribution is 2.34. The predicted octanol–water partition coefficient (Wildman–Crippen LogP) is 4.21. The molecule has 1 atom stereocenters. The van der Waals surface area contributed by atoms with E-state index < -0.39 is 10.0 Å². The maximum Gasteiger partial charge on any atom is 0.243 e. The number of hydrogen-bond acceptors (Lipinski definition) is 6. The van der Waals surface area contributed by atoms with E-state index in [0.29, 0.717) is 13.2 Å². The van der Waals surface area contributed by atoms with Crippen molar-refractivity contribution in [3.05, 3.63) is 81.5 Å². The van der Waals surface area contributed by atoms with Crippen LogP contribution < -0.4 is 4.74 Å². The zero-order valence-corrected chi connectivity index (χ0v) is 22.5. The van der Waals surface area contributed by atoms with Crippen LogP contribution >= 0.6 is 11.3 Å². The van der Waals surface area contributed by atoms with E-state index in [1.807, 2.05) is 49.6 Å². The molecule has 2 heterocycles. The van der Waals surface area contributed by atoms with Crippen molar-refractivity contribution >= 4 is 27.3 Å². The molecule has 0 saturated heterocycles. The maximum absolute atomic E-state index is 13.6. The first-order chi connectivity index (χ1) is 17.3. The third-order valence-corrected chi connectivity index (χ3v) is 9.22. The summed E-state index contributed by atoms with van der Waals surface area (Å²) in [7, 11) is -2.36. The molecule has 0 aliphatic carbocycles. The van der Waals surface area contributed by atoms with Gasteiger partial charge in [-0.3, -0.25) is 4.79 Å². The van der Waals surface area contributed by atoms with Crippen LogP contribution in [0.25, 0.3) is 0 Å². The smallest absolute Gasteiger partial charge is 0.243 e. The van der Waals surface area contributed by atoms with Gasteiger partial charge in [0.25, 0.3) is 0 Å². The fourth-order valence-corrected chi connectivity index (χ4v) is 6.56. The molecule has 0 N–H and O–H groups in total. The zero-order chi connectivity index (χ0) is 25.7. The summed E-state index contributed by atoms with van der Waals surface area (Å²) in [5, 5.41) is 2.03. The van der Waals surface area contributed by atoms with Crippen LogP contribution in [0.15, 0.2) is 64.9 Å². The van der Waals surface area contributed by atoms with Gasteiger partial charge in [0.1, 0.15) is 12.4 Å². The van der Waals surface area contributed by atoms with E-state index in [1.54, 1.807) is 40.5 Å². The minimum Gasteiger partial charge on any atom is -0.491 e. The molecule has 0 fully saturated rings. The number of methoxy groups -OCH3 is 1. The van der Waals surface area contributed by atoms with Gasteiger partial charge in [0.2, 0.25) is 15.9 Å². The van der Waals surface area contributed by atoms with Gasteiger partial charge >= 0.3 is 0 Å². The Kier molecular flexibility index (Phi) is 8.46. The number of hydrogen-bond donors (Lipinski definition) is 0. The molecule has 1 amide bonds. The molecule has 9 heteroatoms. The lowest BCUT2D eigenvalue weighted by atomic mass is 10.0. The third-order valence-electron chi connectivity index (χ3n) is 6.36. The Balaban J connectivity index is 1.55. The number of thiophene rings is 1. The molecular weight excluding hydrogens is 496 g/mol. The van der Waals surface area contributed by atoms with Crippen molar-refractivity contribution in [2.45, 2.75) is 31.2 Å². The van der Waals surface area contributed by atoms with Gasteiger partial charge in [-0.1, -0.05) is 35.4 Å². The molecule has 3 aromatic rings. The van der Waals surface area contributed by atoms with Gasteiger partial charge in [-0.2, -0.15) is 4.31 Å². The molecule has 36 heavy (non-hydrogen) atoms. The second-order valence-corrected chi connectivity index (χ2v) is 11.9. The molecule has 7 nitrogen and oxygen atoms in total. The quantitative estimate of drug-likeness (QED) is 0.394. The van der Waals surface area contributed by atoms with Gasteiger partial charge in [-0.15, -0.1) is 11.3 Å². The lowest BCUT2D eigenvalue weighted by Gasteiger charge is -2.37. The Morgan fingerprint density at radius 2 is 1.72 bits per heavy atom. The minimum atomic E-state index is -3.87. The summed E-state index contributed by atoms with van der Waals surface area (Å²) in [6.45, 7) is 4.73. The van der Waals surface area contributed by atoms with Crippen LogP contribution in [0.2, 0.25) is 0 Å². The molecule has 0 unspecified atom stereocenters. The van der Waals surface area contributed by atoms with Crippen molar-refractivity contribution in [3.8, 4) is 5.75 Å². The average Bonchev–Trinajstić information content (AvgIpc) is 3.35. The van der Waals surface area contributed by atoms with E-state index in [9.17, 15) is 13.2 Å². The van der Waals surface area contributed by atoms with E-state index in [2.05, 4.69) is 0 Å². The van der Waals surface area contributed by atoms with Gasteiger partial charge in [0.05, 0.1) is 24.1 Å². The second-order valence-electron chi connectivity index (χ2n) is 8.92. The van der Waals surface area contributed by atoms with E-state index in [1.165, 1.54) is 16.3 Å². The lowest BCUT2D eigenvalue weighted by Crippen LogP contribution is -2.48. The molecule has 1 aliphatic heterocycles. The van der Waals surface area contributed by atoms with E-state index >= 15 is 0 Å². The molecule has 1 aromatic heterocycles. The number of ether oxygens (including phenoxy) is 2. The number of benzene rings is 2. The van der Waals surface area contributed by atoms with Gasteiger partial charge in [0, 0.05) is 25.1 Å². The first kappa shape index (κ1) is 26.3. The van der Waals surface area contributed by atoms with Crippen LogP contribution in [0.5, 0.6) is 5.75 Å². The number of rotatable bonds is 10. The lowest BCUT2D eigenvalue weighted by molar-refractivity contribution is -0.135. The van der Waals surface area contributed by atoms with Crippen molar-refractivity contribution in [2.75, 3.05) is 40.0 Å². The van der Waals surface area contributed by atoms with Crippen molar-refractivity contribution < 1.29 is 22.7 Å². The molecule has 192 valence electrons. The molecule has 0 saturated carbocycles. The highest BCUT2D eigenvalue weighted by molar-refractivity contribution is 7.89. The summed E-state index contributed by atoms with van der Waals surface area (Å²) in [4.78, 5) is 16.8. The number of nitrogens with zero attached hydrogens (tertiary/aromatic N) is 2. The zero-order valence-electron chi connectivity index (χ0n) is 20.8. The number of sulfonamides is 1. The van der Waals surface area contributed by atoms with Crippen molar-refractivity contribution in [3.63, 3.8) is 0 Å². The van der Waals surface area contributed by atoms with Crippen LogP contribution in [-0.2, 0) is 26.0 Å². The van der Waals surface area contributed by atoms with Gasteiger partial charge in [0.15, 0.2) is 0 Å². The van der Waals surface area contributed by atoms with Crippen LogP contribution in [0.3, 0.4) is 0 Å². The molecule has 0 bridgehead atoms. The predicted molar refractivity (Wildman–Crippen MR) is 141 cm³/mol. The number of aryl methyl sites for hydroxylation is 2. The van der Waals surface area contributed by atoms with Gasteiger partial charge in [-0.05, 0) is 61.5 Å². The summed E-state index contributed by atoms with van der Waals surface area (Å²) in [6.07, 6.45) is 0.739. The standard InChI is InChI=1S/C27H32N2O5S2/c1-20-4-8-22(9-5-20)34-19-25-24-13-17-35-26(24)12-14-29(25)27(30)18-28(15-16-33-3)36(31,32)23-10-6-21(2)7-11-23/h4-11,13,17,25H,12,14-16,18-19H2,1-3H3/t25-/m0/s1. The summed E-state index contributed by atoms with van der Waals surface area (Å²) in [5.41, 5.74) is 3.17. The summed E-state index contributed by atoms with van der Waals surface area (Å²) < 4.78 is 39.3. The third kappa shape index (κ3) is 5.98. The SMILES string of the molecule is COCCN(CC(=O)N1CCc2sccc2[C@@H]1COc1ccc(C)cc1)S(=O)(=O)c1ccc(C)cc1. The Morgan fingerprint density at radius 1 is 1.06 bits per heavy atom. The first-order valence-corrected chi connectivity index (χ1v) is 14.2. The highest BCUT2D eigenvalue weighted by Gasteiger charge is 2.35. The van der Waals surface area contributed by atoms with E-state index in [-0.39, 0.29) is 36.5 Å². The fraction of sp³-hybridized carbons (Fsp3) is 0.370. The Hall–Kier alpha value is -2.72. The molecule has 2 aromatic carbocycles. The Bertz CT molecular complexity index is 1270. The van der Waals surface area contributed by atoms with Crippen LogP contribution in [-0.4, -0.2) is 63.5 Å². The van der Waals surface area contributed by atoms with Crippen LogP contribution in [0.1, 0.15) is 27.6 Å². The number of amides is 1. The van der Waals surface area contributed by atoms with E-state index in [4.69, 9.17) is 9.47 Å². The highest BCUT2D eigenvalue weighted by atomic mass is 32.2. The molecule has 1 aliphatic rings. The Labute approximate surface area is 217 Å². The molecular formula is C27H32N2O5S2. The van der Waals surface area contributed by atoms with E-state index in [0.717, 1.165) is 28.9 Å². The van der Waals surface area contributed by atoms with Crippen molar-refractivity contribution in [1.29, 1.82) is 0 Å². The Morgan fingerprint density at radius 3 is 2.39 bits per heavy atom. The summed E-state index contributed by atoms with van der Waals surface area (Å²) in [5.74, 6) is 0.482. The number of carbonyl (C=O) groups excluding carboxylic acids is 1.